The Morgan fingerprint density at radius 2 is 1.91 bits per heavy atom. The Kier molecular flexibility index (Phi) is 8.82. The molecule has 1 aromatic heterocycles. The lowest BCUT2D eigenvalue weighted by Gasteiger charge is -2.22. The highest BCUT2D eigenvalue weighted by Crippen LogP contribution is 2.43. The standard InChI is InChI=1S/C25H28Br2ClN3O3/c1-6-8-20-30-18-10-9-16(26)12-17(18)24(32)31(20)29-13-15-11-19(33-7-2)23(22(28)21(15)27)34-14-25(3,4)5/h9-13H,6-8,14H2,1-5H3. The lowest BCUT2D eigenvalue weighted by Crippen LogP contribution is -2.22. The van der Waals surface area contributed by atoms with Crippen molar-refractivity contribution < 1.29 is 9.47 Å². The molecule has 3 aromatic rings. The Bertz CT molecular complexity index is 1280. The molecule has 6 nitrogen and oxygen atoms in total. The number of aryl methyl sites for hydroxylation is 1. The van der Waals surface area contributed by atoms with Gasteiger partial charge >= 0.3 is 0 Å². The van der Waals surface area contributed by atoms with Gasteiger partial charge in [0.2, 0.25) is 0 Å². The molecule has 0 aliphatic heterocycles. The van der Waals surface area contributed by atoms with E-state index in [1.807, 2.05) is 26.0 Å². The molecule has 9 heteroatoms. The number of aromatic nitrogens is 2. The maximum Gasteiger partial charge on any atom is 0.282 e. The van der Waals surface area contributed by atoms with Crippen molar-refractivity contribution in [2.75, 3.05) is 13.2 Å². The maximum atomic E-state index is 13.3. The molecule has 2 aromatic carbocycles. The zero-order chi connectivity index (χ0) is 25.0. The van der Waals surface area contributed by atoms with Crippen LogP contribution in [0.3, 0.4) is 0 Å². The van der Waals surface area contributed by atoms with E-state index in [1.165, 1.54) is 4.68 Å². The molecule has 0 spiro atoms. The van der Waals surface area contributed by atoms with E-state index in [0.717, 1.165) is 10.9 Å². The molecule has 0 unspecified atom stereocenters. The van der Waals surface area contributed by atoms with E-state index in [9.17, 15) is 4.79 Å². The molecule has 0 saturated carbocycles. The zero-order valence-corrected chi connectivity index (χ0v) is 23.8. The quantitative estimate of drug-likeness (QED) is 0.252. The molecule has 0 saturated heterocycles. The fraction of sp³-hybridized carbons (Fsp3) is 0.400. The molecular weight excluding hydrogens is 586 g/mol. The first-order chi connectivity index (χ1) is 16.1. The summed E-state index contributed by atoms with van der Waals surface area (Å²) in [5.41, 5.74) is 1.02. The zero-order valence-electron chi connectivity index (χ0n) is 19.9. The number of hydrogen-bond acceptors (Lipinski definition) is 5. The summed E-state index contributed by atoms with van der Waals surface area (Å²) in [5.74, 6) is 1.59. The summed E-state index contributed by atoms with van der Waals surface area (Å²) < 4.78 is 14.6. The van der Waals surface area contributed by atoms with E-state index in [4.69, 9.17) is 21.1 Å². The average Bonchev–Trinajstić information content (AvgIpc) is 2.76. The molecule has 0 N–H and O–H groups in total. The lowest BCUT2D eigenvalue weighted by atomic mass is 9.99. The molecule has 34 heavy (non-hydrogen) atoms. The summed E-state index contributed by atoms with van der Waals surface area (Å²) in [4.78, 5) is 17.9. The van der Waals surface area contributed by atoms with Gasteiger partial charge in [0, 0.05) is 20.9 Å². The summed E-state index contributed by atoms with van der Waals surface area (Å²) in [6.45, 7) is 11.1. The van der Waals surface area contributed by atoms with Crippen LogP contribution in [-0.4, -0.2) is 29.1 Å². The molecule has 0 bridgehead atoms. The van der Waals surface area contributed by atoms with Gasteiger partial charge in [-0.3, -0.25) is 4.79 Å². The van der Waals surface area contributed by atoms with Crippen molar-refractivity contribution >= 4 is 60.6 Å². The van der Waals surface area contributed by atoms with Crippen molar-refractivity contribution in [3.05, 3.63) is 60.0 Å². The minimum atomic E-state index is -0.233. The van der Waals surface area contributed by atoms with Gasteiger partial charge in [-0.1, -0.05) is 55.2 Å². The number of hydrogen-bond donors (Lipinski definition) is 0. The fourth-order valence-electron chi connectivity index (χ4n) is 3.20. The van der Waals surface area contributed by atoms with Crippen molar-refractivity contribution in [2.45, 2.75) is 47.5 Å². The van der Waals surface area contributed by atoms with Gasteiger partial charge in [0.1, 0.15) is 10.8 Å². The van der Waals surface area contributed by atoms with E-state index in [1.54, 1.807) is 18.3 Å². The second-order valence-electron chi connectivity index (χ2n) is 9.00. The van der Waals surface area contributed by atoms with Gasteiger partial charge in [-0.25, -0.2) is 4.98 Å². The van der Waals surface area contributed by atoms with Crippen molar-refractivity contribution in [3.8, 4) is 11.5 Å². The smallest absolute Gasteiger partial charge is 0.282 e. The Hall–Kier alpha value is -1.90. The highest BCUT2D eigenvalue weighted by atomic mass is 79.9. The topological polar surface area (TPSA) is 65.7 Å². The van der Waals surface area contributed by atoms with Crippen LogP contribution in [0.15, 0.2) is 43.1 Å². The second-order valence-corrected chi connectivity index (χ2v) is 11.1. The van der Waals surface area contributed by atoms with Gasteiger partial charge in [0.05, 0.1) is 30.3 Å². The van der Waals surface area contributed by atoms with Gasteiger partial charge in [-0.15, -0.1) is 0 Å². The van der Waals surface area contributed by atoms with Gasteiger partial charge in [0.25, 0.3) is 5.56 Å². The molecular formula is C25H28Br2ClN3O3. The lowest BCUT2D eigenvalue weighted by molar-refractivity contribution is 0.188. The molecule has 0 amide bonds. The van der Waals surface area contributed by atoms with Crippen molar-refractivity contribution in [3.63, 3.8) is 0 Å². The van der Waals surface area contributed by atoms with Crippen LogP contribution in [0.25, 0.3) is 10.9 Å². The first kappa shape index (κ1) is 26.7. The molecule has 3 rings (SSSR count). The minimum Gasteiger partial charge on any atom is -0.490 e. The third-order valence-corrected chi connectivity index (χ3v) is 6.70. The third-order valence-electron chi connectivity index (χ3n) is 4.77. The fourth-order valence-corrected chi connectivity index (χ4v) is 4.22. The molecule has 0 fully saturated rings. The minimum absolute atomic E-state index is 0.0473. The molecule has 0 atom stereocenters. The van der Waals surface area contributed by atoms with E-state index in [-0.39, 0.29) is 11.0 Å². The number of halogens is 3. The number of ether oxygens (including phenoxy) is 2. The number of nitrogens with zero attached hydrogens (tertiary/aromatic N) is 3. The van der Waals surface area contributed by atoms with Crippen LogP contribution in [0.5, 0.6) is 11.5 Å². The molecule has 0 aliphatic carbocycles. The summed E-state index contributed by atoms with van der Waals surface area (Å²) >= 11 is 13.6. The monoisotopic (exact) mass is 611 g/mol. The largest absolute Gasteiger partial charge is 0.490 e. The number of rotatable bonds is 8. The molecule has 182 valence electrons. The van der Waals surface area contributed by atoms with Crippen LogP contribution >= 0.6 is 43.5 Å². The van der Waals surface area contributed by atoms with Gasteiger partial charge < -0.3 is 9.47 Å². The summed E-state index contributed by atoms with van der Waals surface area (Å²) in [7, 11) is 0. The summed E-state index contributed by atoms with van der Waals surface area (Å²) in [6.07, 6.45) is 3.02. The van der Waals surface area contributed by atoms with E-state index >= 15 is 0 Å². The maximum absolute atomic E-state index is 13.3. The first-order valence-corrected chi connectivity index (χ1v) is 13.0. The molecule has 0 aliphatic rings. The average molecular weight is 614 g/mol. The molecule has 1 heterocycles. The predicted octanol–water partition coefficient (Wildman–Crippen LogP) is 7.23. The Labute approximate surface area is 221 Å². The summed E-state index contributed by atoms with van der Waals surface area (Å²) in [6, 6.07) is 7.26. The van der Waals surface area contributed by atoms with Gasteiger partial charge in [0.15, 0.2) is 11.5 Å². The van der Waals surface area contributed by atoms with Crippen molar-refractivity contribution in [2.24, 2.45) is 10.5 Å². The van der Waals surface area contributed by atoms with E-state index in [2.05, 4.69) is 62.7 Å². The Morgan fingerprint density at radius 1 is 1.18 bits per heavy atom. The SMILES string of the molecule is CCCc1nc2ccc(Br)cc2c(=O)n1N=Cc1cc(OCC)c(OCC(C)(C)C)c(Cl)c1Br. The third kappa shape index (κ3) is 6.20. The van der Waals surface area contributed by atoms with Gasteiger partial charge in [-0.2, -0.15) is 9.78 Å². The van der Waals surface area contributed by atoms with Crippen LogP contribution < -0.4 is 15.0 Å². The van der Waals surface area contributed by atoms with Crippen LogP contribution in [0.1, 0.15) is 52.4 Å². The van der Waals surface area contributed by atoms with Crippen LogP contribution in [0.2, 0.25) is 5.02 Å². The highest BCUT2D eigenvalue weighted by Gasteiger charge is 2.20. The molecule has 0 radical (unpaired) electrons. The van der Waals surface area contributed by atoms with Crippen molar-refractivity contribution in [1.29, 1.82) is 0 Å². The van der Waals surface area contributed by atoms with Crippen LogP contribution in [0, 0.1) is 5.41 Å². The highest BCUT2D eigenvalue weighted by molar-refractivity contribution is 9.10. The predicted molar refractivity (Wildman–Crippen MR) is 146 cm³/mol. The second kappa shape index (κ2) is 11.2. The first-order valence-electron chi connectivity index (χ1n) is 11.1. The Balaban J connectivity index is 2.10. The number of benzene rings is 2. The normalized spacial score (nSPS) is 12.0. The Morgan fingerprint density at radius 3 is 2.56 bits per heavy atom. The van der Waals surface area contributed by atoms with Crippen LogP contribution in [0.4, 0.5) is 0 Å². The van der Waals surface area contributed by atoms with E-state index in [0.29, 0.717) is 62.9 Å². The summed E-state index contributed by atoms with van der Waals surface area (Å²) in [5, 5.41) is 5.39. The number of fused-ring (bicyclic) bond motifs is 1. The van der Waals surface area contributed by atoms with Gasteiger partial charge in [-0.05, 0) is 59.0 Å². The van der Waals surface area contributed by atoms with E-state index < -0.39 is 0 Å². The van der Waals surface area contributed by atoms with Crippen molar-refractivity contribution in [1.82, 2.24) is 9.66 Å². The van der Waals surface area contributed by atoms with Crippen LogP contribution in [-0.2, 0) is 6.42 Å².